The van der Waals surface area contributed by atoms with E-state index in [-0.39, 0.29) is 59.1 Å². The van der Waals surface area contributed by atoms with Crippen LogP contribution in [-0.4, -0.2) is 59.1 Å². The molecule has 1 rings (SSSR count). The molecule has 0 aromatic heterocycles. The van der Waals surface area contributed by atoms with Gasteiger partial charge in [0, 0.05) is 6.54 Å². The van der Waals surface area contributed by atoms with Gasteiger partial charge in [-0.05, 0) is 10.9 Å². The van der Waals surface area contributed by atoms with Crippen molar-refractivity contribution in [3.8, 4) is 0 Å². The van der Waals surface area contributed by atoms with E-state index < -0.39 is 0 Å². The molecule has 0 spiro atoms. The van der Waals surface area contributed by atoms with Crippen molar-refractivity contribution in [3.05, 3.63) is 29.8 Å². The van der Waals surface area contributed by atoms with Crippen LogP contribution in [0.5, 0.6) is 0 Å². The molecule has 0 aliphatic heterocycles. The molecule has 1 nitrogen and oxygen atoms in total. The Bertz CT molecular complexity index is 205. The van der Waals surface area contributed by atoms with Crippen LogP contribution in [0.1, 0.15) is 5.56 Å². The van der Waals surface area contributed by atoms with Crippen molar-refractivity contribution >= 4 is 73.7 Å². The molecule has 0 saturated heterocycles. The molecule has 0 aliphatic rings. The molecule has 0 fully saturated rings. The third-order valence-electron chi connectivity index (χ3n) is 1.28. The van der Waals surface area contributed by atoms with E-state index >= 15 is 0 Å². The molecular weight excluding hydrogens is 175 g/mol. The zero-order valence-electron chi connectivity index (χ0n) is 5.17. The molecule has 1 atom stereocenters. The van der Waals surface area contributed by atoms with Crippen molar-refractivity contribution in [1.82, 2.24) is 0 Å². The Morgan fingerprint density at radius 2 is 1.73 bits per heavy atom. The Labute approximate surface area is 114 Å². The maximum absolute atomic E-state index is 5.44. The Hall–Kier alpha value is 1.61. The average Bonchev–Trinajstić information content (AvgIpc) is 1.89. The Kier molecular flexibility index (Phi) is 11.3. The molecule has 1 unspecified atom stereocenters. The molecule has 0 radical (unpaired) electrons. The number of benzene rings is 1. The second-order valence-corrected chi connectivity index (χ2v) is 2.52. The van der Waals surface area contributed by atoms with Crippen LogP contribution >= 0.6 is 9.24 Å². The number of hydrogen-bond donors (Lipinski definition) is 1. The minimum atomic E-state index is 0. The van der Waals surface area contributed by atoms with Crippen LogP contribution in [0.15, 0.2) is 24.3 Å². The summed E-state index contributed by atoms with van der Waals surface area (Å²) >= 11 is 0. The van der Waals surface area contributed by atoms with Crippen molar-refractivity contribution in [3.63, 3.8) is 0 Å². The van der Waals surface area contributed by atoms with Gasteiger partial charge in [-0.3, -0.25) is 0 Å². The second kappa shape index (κ2) is 8.22. The first kappa shape index (κ1) is 15.1. The molecule has 0 heterocycles. The van der Waals surface area contributed by atoms with Crippen molar-refractivity contribution in [1.29, 1.82) is 0 Å². The normalized spacial score (nSPS) is 7.82. The van der Waals surface area contributed by atoms with Gasteiger partial charge in [0.2, 0.25) is 0 Å². The van der Waals surface area contributed by atoms with Gasteiger partial charge in [-0.15, -0.1) is 9.24 Å². The van der Waals surface area contributed by atoms with Crippen LogP contribution in [0.4, 0.5) is 0 Å². The van der Waals surface area contributed by atoms with Crippen LogP contribution in [0, 0.1) is 0 Å². The fourth-order valence-corrected chi connectivity index (χ4v) is 1.05. The van der Waals surface area contributed by atoms with Crippen molar-refractivity contribution in [2.45, 2.75) is 6.54 Å². The molecule has 1 aromatic rings. The van der Waals surface area contributed by atoms with Gasteiger partial charge in [0.1, 0.15) is 0 Å². The molecule has 1 aromatic carbocycles. The van der Waals surface area contributed by atoms with Gasteiger partial charge in [0.05, 0.1) is 0 Å². The summed E-state index contributed by atoms with van der Waals surface area (Å²) in [6.45, 7) is 0.625. The van der Waals surface area contributed by atoms with E-state index in [4.69, 9.17) is 5.73 Å². The molecule has 52 valence electrons. The van der Waals surface area contributed by atoms with Gasteiger partial charge >= 0.3 is 59.1 Å². The summed E-state index contributed by atoms with van der Waals surface area (Å²) < 4.78 is 0. The molecule has 0 saturated carbocycles. The standard InChI is InChI=1S/C7H10NP.2Na.2H/c8-5-6-3-1-2-4-7(6)9;;;;/h1-4H,5,8-9H2;;;;. The summed E-state index contributed by atoms with van der Waals surface area (Å²) in [4.78, 5) is 0. The molecule has 11 heavy (non-hydrogen) atoms. The number of nitrogens with two attached hydrogens (primary N) is 1. The Morgan fingerprint density at radius 1 is 1.18 bits per heavy atom. The fourth-order valence-electron chi connectivity index (χ4n) is 0.720. The average molecular weight is 187 g/mol. The molecule has 0 amide bonds. The van der Waals surface area contributed by atoms with Crippen molar-refractivity contribution in [2.75, 3.05) is 0 Å². The van der Waals surface area contributed by atoms with Crippen LogP contribution in [-0.2, 0) is 6.54 Å². The van der Waals surface area contributed by atoms with E-state index in [1.165, 1.54) is 10.9 Å². The van der Waals surface area contributed by atoms with Crippen LogP contribution < -0.4 is 11.0 Å². The monoisotopic (exact) mass is 187 g/mol. The third-order valence-corrected chi connectivity index (χ3v) is 1.84. The summed E-state index contributed by atoms with van der Waals surface area (Å²) in [5, 5.41) is 1.19. The van der Waals surface area contributed by atoms with Gasteiger partial charge in [-0.1, -0.05) is 24.3 Å². The first-order valence-corrected chi connectivity index (χ1v) is 3.46. The van der Waals surface area contributed by atoms with Gasteiger partial charge in [0.25, 0.3) is 0 Å². The SMILES string of the molecule is NCc1ccccc1P.[NaH].[NaH]. The molecular formula is C7H12NNa2P. The van der Waals surface area contributed by atoms with Gasteiger partial charge < -0.3 is 5.73 Å². The molecule has 0 bridgehead atoms. The Morgan fingerprint density at radius 3 is 2.09 bits per heavy atom. The van der Waals surface area contributed by atoms with Crippen LogP contribution in [0.3, 0.4) is 0 Å². The van der Waals surface area contributed by atoms with Crippen LogP contribution in [0.25, 0.3) is 0 Å². The van der Waals surface area contributed by atoms with E-state index in [0.29, 0.717) is 6.54 Å². The van der Waals surface area contributed by atoms with Crippen molar-refractivity contribution < 1.29 is 0 Å². The molecule has 2 N–H and O–H groups in total. The summed E-state index contributed by atoms with van der Waals surface area (Å²) in [5.74, 6) is 0. The predicted molar refractivity (Wildman–Crippen MR) is 58.0 cm³/mol. The summed E-state index contributed by atoms with van der Waals surface area (Å²) in [7, 11) is 2.65. The quantitative estimate of drug-likeness (QED) is 0.459. The summed E-state index contributed by atoms with van der Waals surface area (Å²) in [6.07, 6.45) is 0. The van der Waals surface area contributed by atoms with E-state index in [1.54, 1.807) is 0 Å². The minimum absolute atomic E-state index is 0. The van der Waals surface area contributed by atoms with Crippen molar-refractivity contribution in [2.24, 2.45) is 5.73 Å². The van der Waals surface area contributed by atoms with E-state index in [1.807, 2.05) is 24.3 Å². The summed E-state index contributed by atoms with van der Waals surface area (Å²) in [5.41, 5.74) is 6.63. The second-order valence-electron chi connectivity index (χ2n) is 1.90. The maximum atomic E-state index is 5.44. The first-order valence-electron chi connectivity index (χ1n) is 2.88. The fraction of sp³-hybridized carbons (Fsp3) is 0.143. The third kappa shape index (κ3) is 5.02. The van der Waals surface area contributed by atoms with E-state index in [0.717, 1.165) is 0 Å². The zero-order chi connectivity index (χ0) is 6.69. The zero-order valence-corrected chi connectivity index (χ0v) is 6.33. The molecule has 4 heteroatoms. The van der Waals surface area contributed by atoms with Gasteiger partial charge in [0.15, 0.2) is 0 Å². The van der Waals surface area contributed by atoms with E-state index in [9.17, 15) is 0 Å². The topological polar surface area (TPSA) is 26.0 Å². The number of hydrogen-bond acceptors (Lipinski definition) is 1. The first-order chi connectivity index (χ1) is 4.34. The molecule has 0 aliphatic carbocycles. The van der Waals surface area contributed by atoms with E-state index in [2.05, 4.69) is 9.24 Å². The van der Waals surface area contributed by atoms with Crippen LogP contribution in [0.2, 0.25) is 0 Å². The van der Waals surface area contributed by atoms with Gasteiger partial charge in [-0.2, -0.15) is 0 Å². The van der Waals surface area contributed by atoms with Gasteiger partial charge in [-0.25, -0.2) is 0 Å². The number of rotatable bonds is 1. The predicted octanol–water partition coefficient (Wildman–Crippen LogP) is -0.651. The Balaban J connectivity index is 0. The summed E-state index contributed by atoms with van der Waals surface area (Å²) in [6, 6.07) is 8.06.